The molecular weight excluding hydrogens is 1560 g/mol. The zero-order chi connectivity index (χ0) is 91.6. The van der Waals surface area contributed by atoms with Crippen LogP contribution in [0.25, 0.3) is 0 Å². The quantitative estimate of drug-likeness (QED) is 0.0310. The Morgan fingerprint density at radius 1 is 0.202 bits per heavy atom. The molecular formula is C100H188N12O12. The van der Waals surface area contributed by atoms with Gasteiger partial charge in [0.15, 0.2) is 0 Å². The van der Waals surface area contributed by atoms with Crippen LogP contribution in [0.1, 0.15) is 417 Å². The Morgan fingerprint density at radius 2 is 0.363 bits per heavy atom. The summed E-state index contributed by atoms with van der Waals surface area (Å²) in [7, 11) is 0. The van der Waals surface area contributed by atoms with E-state index in [0.717, 1.165) is 104 Å². The summed E-state index contributed by atoms with van der Waals surface area (Å²) < 4.78 is 0. The van der Waals surface area contributed by atoms with Crippen LogP contribution in [0.3, 0.4) is 0 Å². The predicted octanol–water partition coefficient (Wildman–Crippen LogP) is 17.9. The Labute approximate surface area is 756 Å². The third-order valence-corrected chi connectivity index (χ3v) is 24.8. The van der Waals surface area contributed by atoms with Crippen molar-refractivity contribution in [3.05, 3.63) is 0 Å². The molecule has 0 aromatic rings. The number of nitrogens with zero attached hydrogens (tertiary/aromatic N) is 6. The van der Waals surface area contributed by atoms with Crippen molar-refractivity contribution < 1.29 is 57.5 Å². The fourth-order valence-corrected chi connectivity index (χ4v) is 17.0. The standard InChI is InChI=1S/C23H44N2O2.C19H36N2O2.C18H34N2O2.C17H32N2O2.C12H22N2O2.C11H20N2O2/c1-3-5-6-7-8-9-10-11-12-13-14-15-16-17-18-25-20-21(19-22(25)26)23(27)24-4-2;1-3-5-6-7-8-9-10-11-12-13-14-21-16-17(15-18(21)22)19(23)20-4-2;1-3-5-6-7-8-9-10-11-12-13-20-15-16(14-17(20)21)18(22)19-4-2;1-3-5-6-7-8-9-10-11-12-19-14-15(13-16(19)20)17(21)18-4-2;1-3-5-6-13-12(16)10-8-11(15)14(9-10)7-4-2;1-3-5-6-12-11(15)9-7-10(14)13(4-2)8-9/h21H,3-20H2,1-2H3,(H,24,27);17H,3-16H2,1-2H3,(H,20,23);16H,3-15H2,1-2H3,(H,19,22);15H,3-14H2,1-2H3,(H,18,21);10H,3-9H2,1-2H3,(H,13,16);9H,3-8H2,1-2H3,(H,12,15). The van der Waals surface area contributed by atoms with Crippen molar-refractivity contribution in [2.24, 2.45) is 35.5 Å². The van der Waals surface area contributed by atoms with E-state index in [1.165, 1.54) is 238 Å². The number of carbonyl (C=O) groups excluding carboxylic acids is 12. The second kappa shape index (κ2) is 77.7. The van der Waals surface area contributed by atoms with E-state index in [4.69, 9.17) is 0 Å². The average molecular weight is 1750 g/mol. The van der Waals surface area contributed by atoms with E-state index in [1.54, 1.807) is 9.80 Å². The van der Waals surface area contributed by atoms with Crippen LogP contribution in [0.5, 0.6) is 0 Å². The molecule has 24 heteroatoms. The highest BCUT2D eigenvalue weighted by Gasteiger charge is 2.39. The van der Waals surface area contributed by atoms with Crippen LogP contribution in [0.2, 0.25) is 0 Å². The third-order valence-electron chi connectivity index (χ3n) is 24.8. The molecule has 12 amide bonds. The van der Waals surface area contributed by atoms with E-state index in [-0.39, 0.29) is 106 Å². The second-order valence-corrected chi connectivity index (χ2v) is 36.0. The van der Waals surface area contributed by atoms with Gasteiger partial charge in [-0.05, 0) is 79.6 Å². The summed E-state index contributed by atoms with van der Waals surface area (Å²) in [5.41, 5.74) is 0. The molecule has 6 aliphatic heterocycles. The molecule has 0 aromatic carbocycles. The molecule has 0 aromatic heterocycles. The Bertz CT molecular complexity index is 2830. The zero-order valence-electron chi connectivity index (χ0n) is 81.5. The van der Waals surface area contributed by atoms with Gasteiger partial charge in [0.05, 0.1) is 35.5 Å². The lowest BCUT2D eigenvalue weighted by atomic mass is 10.0. The smallest absolute Gasteiger partial charge is 0.225 e. The molecule has 0 bridgehead atoms. The van der Waals surface area contributed by atoms with Gasteiger partial charge in [0, 0.05) is 156 Å². The van der Waals surface area contributed by atoms with Gasteiger partial charge in [0.25, 0.3) is 0 Å². The second-order valence-electron chi connectivity index (χ2n) is 36.0. The highest BCUT2D eigenvalue weighted by atomic mass is 16.2. The van der Waals surface area contributed by atoms with Crippen molar-refractivity contribution in [2.75, 3.05) is 118 Å². The van der Waals surface area contributed by atoms with Crippen molar-refractivity contribution >= 4 is 70.9 Å². The van der Waals surface area contributed by atoms with Crippen LogP contribution < -0.4 is 31.9 Å². The summed E-state index contributed by atoms with van der Waals surface area (Å²) in [5.74, 6) is 0.245. The number of carbonyl (C=O) groups is 12. The van der Waals surface area contributed by atoms with Crippen LogP contribution in [0, 0.1) is 35.5 Å². The summed E-state index contributed by atoms with van der Waals surface area (Å²) in [5, 5.41) is 17.0. The van der Waals surface area contributed by atoms with Crippen LogP contribution in [-0.2, 0) is 57.5 Å². The lowest BCUT2D eigenvalue weighted by molar-refractivity contribution is -0.129. The van der Waals surface area contributed by atoms with E-state index in [9.17, 15) is 57.5 Å². The van der Waals surface area contributed by atoms with Gasteiger partial charge in [-0.15, -0.1) is 0 Å². The zero-order valence-corrected chi connectivity index (χ0v) is 81.5. The van der Waals surface area contributed by atoms with Crippen LogP contribution in [0.4, 0.5) is 0 Å². The molecule has 24 nitrogen and oxygen atoms in total. The monoisotopic (exact) mass is 1750 g/mol. The number of hydrogen-bond acceptors (Lipinski definition) is 12. The van der Waals surface area contributed by atoms with Gasteiger partial charge in [-0.1, -0.05) is 299 Å². The molecule has 0 aliphatic carbocycles. The fourth-order valence-electron chi connectivity index (χ4n) is 17.0. The van der Waals surface area contributed by atoms with Gasteiger partial charge in [-0.2, -0.15) is 0 Å². The largest absolute Gasteiger partial charge is 0.356 e. The van der Waals surface area contributed by atoms with E-state index >= 15 is 0 Å². The minimum Gasteiger partial charge on any atom is -0.356 e. The lowest BCUT2D eigenvalue weighted by Crippen LogP contribution is -2.33. The molecule has 6 N–H and O–H groups in total. The number of rotatable bonds is 64. The van der Waals surface area contributed by atoms with Gasteiger partial charge < -0.3 is 61.3 Å². The van der Waals surface area contributed by atoms with Crippen LogP contribution in [0.15, 0.2) is 0 Å². The first-order valence-corrected chi connectivity index (χ1v) is 51.4. The van der Waals surface area contributed by atoms with Gasteiger partial charge in [-0.25, -0.2) is 0 Å². The molecule has 0 saturated carbocycles. The maximum atomic E-state index is 12.0. The summed E-state index contributed by atoms with van der Waals surface area (Å²) in [6.07, 6.45) is 61.2. The molecule has 6 rings (SSSR count). The van der Waals surface area contributed by atoms with E-state index < -0.39 is 0 Å². The summed E-state index contributed by atoms with van der Waals surface area (Å²) in [6.45, 7) is 37.3. The SMILES string of the molecule is CCCCCCCCCCCCCCCCN1CC(C(=O)NCC)CC1=O.CCCCCCCCCCCCN1CC(C(=O)NCC)CC1=O.CCCCCCCCCCCN1CC(C(=O)NCC)CC1=O.CCCCCCCCCCN1CC(C(=O)NCC)CC1=O.CCCCNC(=O)C1CC(=O)N(CC)C1.CCCCNC(=O)C1CC(=O)N(CCC)C1. The molecule has 0 spiro atoms. The number of hydrogen-bond donors (Lipinski definition) is 6. The van der Waals surface area contributed by atoms with Crippen LogP contribution in [-0.4, -0.2) is 218 Å². The first-order chi connectivity index (χ1) is 60.1. The van der Waals surface area contributed by atoms with Crippen molar-refractivity contribution in [3.63, 3.8) is 0 Å². The first-order valence-electron chi connectivity index (χ1n) is 51.4. The minimum absolute atomic E-state index is 0.0317. The summed E-state index contributed by atoms with van der Waals surface area (Å²) >= 11 is 0. The molecule has 720 valence electrons. The summed E-state index contributed by atoms with van der Waals surface area (Å²) in [6, 6.07) is 0. The molecule has 6 atom stereocenters. The Balaban J connectivity index is 0.000000751. The molecule has 0 radical (unpaired) electrons. The molecule has 6 heterocycles. The molecule has 6 saturated heterocycles. The number of likely N-dealkylation sites (tertiary alicyclic amines) is 6. The van der Waals surface area contributed by atoms with Crippen molar-refractivity contribution in [3.8, 4) is 0 Å². The maximum absolute atomic E-state index is 12.0. The Hall–Kier alpha value is -6.36. The normalized spacial score (nSPS) is 18.4. The highest BCUT2D eigenvalue weighted by Crippen LogP contribution is 2.26. The minimum atomic E-state index is -0.135. The number of amides is 12. The predicted molar refractivity (Wildman–Crippen MR) is 507 cm³/mol. The number of unbranched alkanes of at least 4 members (excludes halogenated alkanes) is 39. The molecule has 124 heavy (non-hydrogen) atoms. The van der Waals surface area contributed by atoms with E-state index in [2.05, 4.69) is 73.4 Å². The highest BCUT2D eigenvalue weighted by molar-refractivity contribution is 5.92. The van der Waals surface area contributed by atoms with Gasteiger partial charge in [0.2, 0.25) is 70.9 Å². The molecule has 6 aliphatic rings. The first kappa shape index (κ1) is 116. The maximum Gasteiger partial charge on any atom is 0.225 e. The summed E-state index contributed by atoms with van der Waals surface area (Å²) in [4.78, 5) is 152. The van der Waals surface area contributed by atoms with Gasteiger partial charge in [-0.3, -0.25) is 57.5 Å². The van der Waals surface area contributed by atoms with Crippen molar-refractivity contribution in [1.29, 1.82) is 0 Å². The Morgan fingerprint density at radius 3 is 0.532 bits per heavy atom. The van der Waals surface area contributed by atoms with Crippen LogP contribution >= 0.6 is 0 Å². The fraction of sp³-hybridized carbons (Fsp3) is 0.880. The Kier molecular flexibility index (Phi) is 72.5. The van der Waals surface area contributed by atoms with Gasteiger partial charge in [0.1, 0.15) is 0 Å². The van der Waals surface area contributed by atoms with E-state index in [1.807, 2.05) is 61.1 Å². The molecule has 6 fully saturated rings. The van der Waals surface area contributed by atoms with Crippen molar-refractivity contribution in [2.45, 2.75) is 417 Å². The van der Waals surface area contributed by atoms with Crippen molar-refractivity contribution in [1.82, 2.24) is 61.3 Å². The molecule has 6 unspecified atom stereocenters. The number of nitrogens with one attached hydrogen (secondary N) is 6. The topological polar surface area (TPSA) is 296 Å². The lowest BCUT2D eigenvalue weighted by Gasteiger charge is -2.16. The van der Waals surface area contributed by atoms with E-state index in [0.29, 0.717) is 111 Å². The third kappa shape index (κ3) is 55.4. The van der Waals surface area contributed by atoms with Gasteiger partial charge >= 0.3 is 0 Å². The average Bonchev–Trinajstić information content (AvgIpc) is 1.76.